The second-order valence-corrected chi connectivity index (χ2v) is 8.94. The molecule has 156 valence electrons. The van der Waals surface area contributed by atoms with Crippen LogP contribution in [0.5, 0.6) is 0 Å². The Morgan fingerprint density at radius 3 is 2.10 bits per heavy atom. The van der Waals surface area contributed by atoms with Crippen LogP contribution in [-0.2, 0) is 24.2 Å². The molecule has 1 saturated heterocycles. The minimum absolute atomic E-state index is 0.0965. The van der Waals surface area contributed by atoms with Crippen molar-refractivity contribution in [2.45, 2.75) is 78.8 Å². The maximum atomic E-state index is 13.7. The number of Topliss-reactive ketones (excluding diaryl/α,β-unsaturated/α-hetero) is 1. The van der Waals surface area contributed by atoms with Crippen molar-refractivity contribution in [3.05, 3.63) is 70.3 Å². The van der Waals surface area contributed by atoms with Crippen molar-refractivity contribution < 1.29 is 9.28 Å². The van der Waals surface area contributed by atoms with Gasteiger partial charge in [0.2, 0.25) is 0 Å². The zero-order valence-electron chi connectivity index (χ0n) is 18.8. The quantitative estimate of drug-likeness (QED) is 0.507. The Labute approximate surface area is 177 Å². The lowest BCUT2D eigenvalue weighted by Gasteiger charge is -2.47. The predicted molar refractivity (Wildman–Crippen MR) is 122 cm³/mol. The number of hydrogen-bond donors (Lipinski definition) is 0. The molecule has 1 aliphatic rings. The maximum Gasteiger partial charge on any atom is 0.194 e. The summed E-state index contributed by atoms with van der Waals surface area (Å²) in [6.07, 6.45) is 6.34. The number of benzene rings is 2. The molecular weight excluding hydrogens is 354 g/mol. The first kappa shape index (κ1) is 21.8. The lowest BCUT2D eigenvalue weighted by atomic mass is 9.90. The first-order valence-corrected chi connectivity index (χ1v) is 11.5. The van der Waals surface area contributed by atoms with Gasteiger partial charge in [0.05, 0.1) is 13.1 Å². The Kier molecular flexibility index (Phi) is 7.29. The number of carbonyl (C=O) groups excluding carboxylic acids is 1. The summed E-state index contributed by atoms with van der Waals surface area (Å²) in [5.74, 6) is 0.431. The van der Waals surface area contributed by atoms with E-state index in [4.69, 9.17) is 0 Å². The van der Waals surface area contributed by atoms with Gasteiger partial charge in [0.1, 0.15) is 12.6 Å². The highest BCUT2D eigenvalue weighted by Crippen LogP contribution is 2.31. The summed E-state index contributed by atoms with van der Waals surface area (Å²) in [6, 6.07) is 15.3. The summed E-state index contributed by atoms with van der Waals surface area (Å²) in [7, 11) is 0. The van der Waals surface area contributed by atoms with E-state index in [-0.39, 0.29) is 6.04 Å². The topological polar surface area (TPSA) is 17.1 Å². The third kappa shape index (κ3) is 4.80. The van der Waals surface area contributed by atoms with Gasteiger partial charge in [-0.05, 0) is 61.8 Å². The maximum absolute atomic E-state index is 13.7. The van der Waals surface area contributed by atoms with Crippen molar-refractivity contribution in [2.24, 2.45) is 0 Å². The molecule has 1 unspecified atom stereocenters. The molecule has 3 rings (SSSR count). The number of piperidine rings is 1. The Balaban J connectivity index is 1.92. The van der Waals surface area contributed by atoms with Crippen molar-refractivity contribution in [2.75, 3.05) is 13.1 Å². The Bertz CT molecular complexity index is 812. The first-order chi connectivity index (χ1) is 14.0. The lowest BCUT2D eigenvalue weighted by Crippen LogP contribution is -2.60. The third-order valence-electron chi connectivity index (χ3n) is 7.11. The van der Waals surface area contributed by atoms with E-state index in [9.17, 15) is 4.79 Å². The molecule has 1 aliphatic heterocycles. The van der Waals surface area contributed by atoms with Gasteiger partial charge in [0, 0.05) is 18.4 Å². The highest BCUT2D eigenvalue weighted by molar-refractivity contribution is 5.85. The Morgan fingerprint density at radius 2 is 1.52 bits per heavy atom. The summed E-state index contributed by atoms with van der Waals surface area (Å²) in [4.78, 5) is 13.7. The molecule has 0 N–H and O–H groups in total. The number of likely N-dealkylation sites (tertiary alicyclic amines) is 1. The second kappa shape index (κ2) is 9.71. The van der Waals surface area contributed by atoms with Crippen molar-refractivity contribution in [3.8, 4) is 0 Å². The average Bonchev–Trinajstić information content (AvgIpc) is 2.72. The van der Waals surface area contributed by atoms with Gasteiger partial charge in [-0.1, -0.05) is 56.3 Å². The minimum atomic E-state index is 0.0965. The molecular formula is C27H38NO+. The molecule has 2 heteroatoms. The standard InChI is InChI=1S/C27H38NO/c1-5-23-15-8-9-16-24(23)20-28(17-10-7-11-18-28)26(6-2)27(29)19-25-21(3)13-12-14-22(25)4/h8-9,12-16,26H,5-7,10-11,17-20H2,1-4H3/q+1. The summed E-state index contributed by atoms with van der Waals surface area (Å²) in [5, 5.41) is 0. The van der Waals surface area contributed by atoms with E-state index in [0.29, 0.717) is 12.2 Å². The summed E-state index contributed by atoms with van der Waals surface area (Å²) >= 11 is 0. The smallest absolute Gasteiger partial charge is 0.194 e. The molecule has 0 bridgehead atoms. The van der Waals surface area contributed by atoms with Crippen LogP contribution in [0.2, 0.25) is 0 Å². The van der Waals surface area contributed by atoms with Crippen LogP contribution in [-0.4, -0.2) is 29.4 Å². The number of rotatable bonds is 8. The molecule has 0 radical (unpaired) electrons. The van der Waals surface area contributed by atoms with Gasteiger partial charge in [-0.2, -0.15) is 0 Å². The molecule has 0 aromatic heterocycles. The van der Waals surface area contributed by atoms with Crippen LogP contribution in [0.25, 0.3) is 0 Å². The highest BCUT2D eigenvalue weighted by Gasteiger charge is 2.41. The predicted octanol–water partition coefficient (Wildman–Crippen LogP) is 5.96. The molecule has 0 aliphatic carbocycles. The fourth-order valence-electron chi connectivity index (χ4n) is 5.46. The monoisotopic (exact) mass is 392 g/mol. The lowest BCUT2D eigenvalue weighted by molar-refractivity contribution is -0.959. The van der Waals surface area contributed by atoms with Gasteiger partial charge in [0.15, 0.2) is 5.78 Å². The number of carbonyl (C=O) groups is 1. The van der Waals surface area contributed by atoms with Gasteiger partial charge in [-0.25, -0.2) is 0 Å². The van der Waals surface area contributed by atoms with Crippen LogP contribution in [0.3, 0.4) is 0 Å². The number of nitrogens with zero attached hydrogens (tertiary/aromatic N) is 1. The summed E-state index contributed by atoms with van der Waals surface area (Å²) in [6.45, 7) is 12.0. The van der Waals surface area contributed by atoms with Crippen molar-refractivity contribution in [1.29, 1.82) is 0 Å². The molecule has 1 atom stereocenters. The van der Waals surface area contributed by atoms with E-state index < -0.39 is 0 Å². The van der Waals surface area contributed by atoms with Crippen LogP contribution in [0.1, 0.15) is 67.3 Å². The summed E-state index contributed by atoms with van der Waals surface area (Å²) in [5.41, 5.74) is 6.60. The van der Waals surface area contributed by atoms with E-state index in [0.717, 1.165) is 37.0 Å². The van der Waals surface area contributed by atoms with Crippen LogP contribution in [0, 0.1) is 13.8 Å². The van der Waals surface area contributed by atoms with Crippen LogP contribution in [0.4, 0.5) is 0 Å². The third-order valence-corrected chi connectivity index (χ3v) is 7.11. The van der Waals surface area contributed by atoms with E-state index in [1.807, 2.05) is 0 Å². The number of ketones is 1. The van der Waals surface area contributed by atoms with Gasteiger partial charge < -0.3 is 4.48 Å². The first-order valence-electron chi connectivity index (χ1n) is 11.5. The van der Waals surface area contributed by atoms with Crippen molar-refractivity contribution in [1.82, 2.24) is 0 Å². The van der Waals surface area contributed by atoms with E-state index >= 15 is 0 Å². The molecule has 0 saturated carbocycles. The molecule has 29 heavy (non-hydrogen) atoms. The Hall–Kier alpha value is -1.93. The molecule has 2 aromatic rings. The van der Waals surface area contributed by atoms with Gasteiger partial charge in [-0.15, -0.1) is 0 Å². The summed E-state index contributed by atoms with van der Waals surface area (Å²) < 4.78 is 0.956. The minimum Gasteiger partial charge on any atom is -0.311 e. The van der Waals surface area contributed by atoms with Crippen molar-refractivity contribution in [3.63, 3.8) is 0 Å². The molecule has 1 heterocycles. The normalized spacial score (nSPS) is 17.1. The van der Waals surface area contributed by atoms with Crippen molar-refractivity contribution >= 4 is 5.78 Å². The van der Waals surface area contributed by atoms with Crippen LogP contribution in [0.15, 0.2) is 42.5 Å². The van der Waals surface area contributed by atoms with Gasteiger partial charge in [0.25, 0.3) is 0 Å². The van der Waals surface area contributed by atoms with E-state index in [2.05, 4.69) is 70.2 Å². The molecule has 2 aromatic carbocycles. The zero-order chi connectivity index (χ0) is 20.9. The highest BCUT2D eigenvalue weighted by atomic mass is 16.1. The second-order valence-electron chi connectivity index (χ2n) is 8.94. The van der Waals surface area contributed by atoms with E-state index in [1.54, 1.807) is 0 Å². The fourth-order valence-corrected chi connectivity index (χ4v) is 5.46. The van der Waals surface area contributed by atoms with Gasteiger partial charge >= 0.3 is 0 Å². The number of quaternary nitrogens is 1. The number of aryl methyl sites for hydroxylation is 3. The largest absolute Gasteiger partial charge is 0.311 e. The zero-order valence-corrected chi connectivity index (χ0v) is 18.8. The molecule has 0 amide bonds. The Morgan fingerprint density at radius 1 is 0.897 bits per heavy atom. The molecule has 1 fully saturated rings. The van der Waals surface area contributed by atoms with Gasteiger partial charge in [-0.3, -0.25) is 4.79 Å². The van der Waals surface area contributed by atoms with Crippen LogP contribution < -0.4 is 0 Å². The van der Waals surface area contributed by atoms with E-state index in [1.165, 1.54) is 47.1 Å². The molecule has 0 spiro atoms. The SMILES string of the molecule is CCc1ccccc1C[N+]1(C(CC)C(=O)Cc2c(C)cccc2C)CCCCC1. The average molecular weight is 393 g/mol. The van der Waals surface area contributed by atoms with Crippen LogP contribution >= 0.6 is 0 Å². The fraction of sp³-hybridized carbons (Fsp3) is 0.519. The molecule has 2 nitrogen and oxygen atoms in total. The number of hydrogen-bond acceptors (Lipinski definition) is 1.